The van der Waals surface area contributed by atoms with Crippen LogP contribution < -0.4 is 19.5 Å². The molecule has 0 radical (unpaired) electrons. The topological polar surface area (TPSA) is 117 Å². The summed E-state index contributed by atoms with van der Waals surface area (Å²) in [6, 6.07) is 9.86. The first-order chi connectivity index (χ1) is 19.2. The number of carbonyl (C=O) groups is 2. The third-order valence-electron chi connectivity index (χ3n) is 7.36. The SMILES string of the molecule is CCC(C)(C)NC(=O)[C@@H](c1cc(OC)c(OC)c(OC)c1)N(C[C@@H]1CCCO1)C(=O)Cn1nnc2ccccc21. The van der Waals surface area contributed by atoms with Gasteiger partial charge in [0.05, 0.1) is 33.0 Å². The average molecular weight is 554 g/mol. The number of aromatic nitrogens is 3. The highest BCUT2D eigenvalue weighted by Crippen LogP contribution is 2.41. The molecule has 2 heterocycles. The molecule has 2 amide bonds. The van der Waals surface area contributed by atoms with E-state index < -0.39 is 11.6 Å². The van der Waals surface area contributed by atoms with Gasteiger partial charge in [-0.1, -0.05) is 24.3 Å². The maximum Gasteiger partial charge on any atom is 0.247 e. The molecule has 1 saturated heterocycles. The van der Waals surface area contributed by atoms with Crippen molar-refractivity contribution in [3.8, 4) is 17.2 Å². The molecule has 1 aromatic heterocycles. The molecule has 216 valence electrons. The van der Waals surface area contributed by atoms with Gasteiger partial charge in [-0.25, -0.2) is 4.68 Å². The number of rotatable bonds is 12. The minimum atomic E-state index is -1.01. The fourth-order valence-corrected chi connectivity index (χ4v) is 4.83. The van der Waals surface area contributed by atoms with Gasteiger partial charge in [-0.05, 0) is 62.9 Å². The Hall–Kier alpha value is -3.86. The maximum atomic E-state index is 14.1. The normalized spacial score (nSPS) is 16.0. The lowest BCUT2D eigenvalue weighted by molar-refractivity contribution is -0.144. The predicted molar refractivity (Wildman–Crippen MR) is 150 cm³/mol. The summed E-state index contributed by atoms with van der Waals surface area (Å²) in [7, 11) is 4.55. The molecular formula is C29H39N5O6. The molecule has 1 N–H and O–H groups in total. The van der Waals surface area contributed by atoms with E-state index in [2.05, 4.69) is 15.6 Å². The van der Waals surface area contributed by atoms with E-state index in [4.69, 9.17) is 18.9 Å². The van der Waals surface area contributed by atoms with Gasteiger partial charge < -0.3 is 29.2 Å². The molecule has 0 bridgehead atoms. The maximum absolute atomic E-state index is 14.1. The van der Waals surface area contributed by atoms with Crippen LogP contribution in [0.15, 0.2) is 36.4 Å². The average Bonchev–Trinajstić information content (AvgIpc) is 3.62. The summed E-state index contributed by atoms with van der Waals surface area (Å²) in [4.78, 5) is 29.8. The molecule has 11 heteroatoms. The van der Waals surface area contributed by atoms with Crippen molar-refractivity contribution in [2.75, 3.05) is 34.5 Å². The molecule has 0 aliphatic carbocycles. The molecule has 1 fully saturated rings. The zero-order valence-electron chi connectivity index (χ0n) is 24.1. The monoisotopic (exact) mass is 553 g/mol. The highest BCUT2D eigenvalue weighted by molar-refractivity contribution is 5.90. The van der Waals surface area contributed by atoms with E-state index in [1.54, 1.807) is 21.7 Å². The molecule has 2 aromatic carbocycles. The first-order valence-corrected chi connectivity index (χ1v) is 13.5. The number of hydrogen-bond acceptors (Lipinski definition) is 8. The molecule has 0 saturated carbocycles. The van der Waals surface area contributed by atoms with E-state index in [0.717, 1.165) is 18.4 Å². The Bertz CT molecular complexity index is 1310. The second-order valence-electron chi connectivity index (χ2n) is 10.5. The Kier molecular flexibility index (Phi) is 9.14. The van der Waals surface area contributed by atoms with Crippen molar-refractivity contribution in [3.05, 3.63) is 42.0 Å². The summed E-state index contributed by atoms with van der Waals surface area (Å²) in [5, 5.41) is 11.5. The van der Waals surface area contributed by atoms with E-state index in [0.29, 0.717) is 41.4 Å². The van der Waals surface area contributed by atoms with Crippen molar-refractivity contribution in [1.82, 2.24) is 25.2 Å². The van der Waals surface area contributed by atoms with Crippen LogP contribution in [-0.4, -0.2) is 77.8 Å². The standard InChI is InChI=1S/C29H39N5O6/c1-7-29(2,3)30-28(36)26(19-15-23(37-4)27(39-6)24(16-19)38-5)33(17-20-11-10-14-40-20)25(35)18-34-22-13-9-8-12-21(22)31-32-34/h8-9,12-13,15-16,20,26H,7,10-11,14,17-18H2,1-6H3,(H,30,36)/t20-,26+/m0/s1. The number of carbonyl (C=O) groups excluding carboxylic acids is 2. The van der Waals surface area contributed by atoms with E-state index >= 15 is 0 Å². The Balaban J connectivity index is 1.81. The highest BCUT2D eigenvalue weighted by Gasteiger charge is 2.37. The lowest BCUT2D eigenvalue weighted by Gasteiger charge is -2.36. The van der Waals surface area contributed by atoms with Crippen LogP contribution in [0, 0.1) is 0 Å². The third kappa shape index (κ3) is 6.30. The zero-order chi connectivity index (χ0) is 28.9. The minimum absolute atomic E-state index is 0.0986. The number of nitrogens with one attached hydrogen (secondary N) is 1. The van der Waals surface area contributed by atoms with Crippen LogP contribution in [0.25, 0.3) is 11.0 Å². The number of ether oxygens (including phenoxy) is 4. The number of nitrogens with zero attached hydrogens (tertiary/aromatic N) is 4. The Labute approximate surface area is 234 Å². The summed E-state index contributed by atoms with van der Waals surface area (Å²) < 4.78 is 24.2. The molecule has 1 aliphatic rings. The van der Waals surface area contributed by atoms with Crippen LogP contribution in [0.1, 0.15) is 51.6 Å². The largest absolute Gasteiger partial charge is 0.493 e. The molecule has 0 unspecified atom stereocenters. The molecule has 0 spiro atoms. The van der Waals surface area contributed by atoms with Crippen molar-refractivity contribution in [3.63, 3.8) is 0 Å². The quantitative estimate of drug-likeness (QED) is 0.362. The number of para-hydroxylation sites is 1. The smallest absolute Gasteiger partial charge is 0.247 e. The lowest BCUT2D eigenvalue weighted by Crippen LogP contribution is -2.52. The Morgan fingerprint density at radius 1 is 1.15 bits per heavy atom. The molecule has 40 heavy (non-hydrogen) atoms. The fraction of sp³-hybridized carbons (Fsp3) is 0.517. The van der Waals surface area contributed by atoms with Gasteiger partial charge >= 0.3 is 0 Å². The molecule has 11 nitrogen and oxygen atoms in total. The van der Waals surface area contributed by atoms with Gasteiger partial charge in [0.1, 0.15) is 18.1 Å². The van der Waals surface area contributed by atoms with Gasteiger partial charge in [0, 0.05) is 18.7 Å². The number of fused-ring (bicyclic) bond motifs is 1. The molecule has 3 aromatic rings. The van der Waals surface area contributed by atoms with Crippen molar-refractivity contribution in [2.24, 2.45) is 0 Å². The molecular weight excluding hydrogens is 514 g/mol. The Morgan fingerprint density at radius 3 is 2.45 bits per heavy atom. The van der Waals surface area contributed by atoms with E-state index in [9.17, 15) is 9.59 Å². The lowest BCUT2D eigenvalue weighted by atomic mass is 9.97. The summed E-state index contributed by atoms with van der Waals surface area (Å²) in [5.41, 5.74) is 1.43. The predicted octanol–water partition coefficient (Wildman–Crippen LogP) is 3.51. The van der Waals surface area contributed by atoms with Crippen LogP contribution in [0.5, 0.6) is 17.2 Å². The van der Waals surface area contributed by atoms with Gasteiger partial charge in [0.15, 0.2) is 11.5 Å². The van der Waals surface area contributed by atoms with Gasteiger partial charge in [-0.15, -0.1) is 5.10 Å². The van der Waals surface area contributed by atoms with Crippen molar-refractivity contribution in [2.45, 2.75) is 64.3 Å². The second-order valence-corrected chi connectivity index (χ2v) is 10.5. The second kappa shape index (κ2) is 12.5. The zero-order valence-corrected chi connectivity index (χ0v) is 24.1. The van der Waals surface area contributed by atoms with E-state index in [-0.39, 0.29) is 31.0 Å². The van der Waals surface area contributed by atoms with Gasteiger partial charge in [-0.3, -0.25) is 9.59 Å². The van der Waals surface area contributed by atoms with Crippen LogP contribution in [0.4, 0.5) is 0 Å². The highest BCUT2D eigenvalue weighted by atomic mass is 16.5. The first kappa shape index (κ1) is 29.1. The Morgan fingerprint density at radius 2 is 1.85 bits per heavy atom. The van der Waals surface area contributed by atoms with Crippen LogP contribution >= 0.6 is 0 Å². The van der Waals surface area contributed by atoms with Gasteiger partial charge in [0.25, 0.3) is 0 Å². The van der Waals surface area contributed by atoms with Gasteiger partial charge in [0.2, 0.25) is 17.6 Å². The minimum Gasteiger partial charge on any atom is -0.493 e. The van der Waals surface area contributed by atoms with Crippen molar-refractivity contribution in [1.29, 1.82) is 0 Å². The summed E-state index contributed by atoms with van der Waals surface area (Å²) in [5.74, 6) is 0.547. The number of amides is 2. The van der Waals surface area contributed by atoms with E-state index in [1.807, 2.05) is 45.0 Å². The molecule has 2 atom stereocenters. The summed E-state index contributed by atoms with van der Waals surface area (Å²) >= 11 is 0. The first-order valence-electron chi connectivity index (χ1n) is 13.5. The molecule has 4 rings (SSSR count). The number of benzene rings is 2. The molecule has 1 aliphatic heterocycles. The summed E-state index contributed by atoms with van der Waals surface area (Å²) in [6.45, 7) is 6.64. The number of methoxy groups -OCH3 is 3. The van der Waals surface area contributed by atoms with Crippen LogP contribution in [-0.2, 0) is 20.9 Å². The summed E-state index contributed by atoms with van der Waals surface area (Å²) in [6.07, 6.45) is 2.18. The van der Waals surface area contributed by atoms with Crippen LogP contribution in [0.3, 0.4) is 0 Å². The van der Waals surface area contributed by atoms with E-state index in [1.165, 1.54) is 21.3 Å². The van der Waals surface area contributed by atoms with Crippen LogP contribution in [0.2, 0.25) is 0 Å². The fourth-order valence-electron chi connectivity index (χ4n) is 4.83. The third-order valence-corrected chi connectivity index (χ3v) is 7.36. The number of hydrogen-bond donors (Lipinski definition) is 1. The van der Waals surface area contributed by atoms with Crippen molar-refractivity contribution >= 4 is 22.8 Å². The van der Waals surface area contributed by atoms with Gasteiger partial charge in [-0.2, -0.15) is 0 Å². The van der Waals surface area contributed by atoms with Crippen molar-refractivity contribution < 1.29 is 28.5 Å².